The molecule has 4 nitrogen and oxygen atoms in total. The van der Waals surface area contributed by atoms with E-state index in [4.69, 9.17) is 4.74 Å². The molecule has 0 atom stereocenters. The number of ether oxygens (including phenoxy) is 1. The number of hydrogen-bond donors (Lipinski definition) is 1. The van der Waals surface area contributed by atoms with Gasteiger partial charge in [-0.3, -0.25) is 0 Å². The third-order valence-corrected chi connectivity index (χ3v) is 1.21. The molecule has 1 aromatic heterocycles. The van der Waals surface area contributed by atoms with Gasteiger partial charge in [-0.25, -0.2) is 9.78 Å². The van der Waals surface area contributed by atoms with Gasteiger partial charge in [-0.15, -0.1) is 0 Å². The van der Waals surface area contributed by atoms with Gasteiger partial charge in [-0.2, -0.15) is 0 Å². The summed E-state index contributed by atoms with van der Waals surface area (Å²) in [4.78, 5) is 17.3. The summed E-state index contributed by atoms with van der Waals surface area (Å²) in [6, 6.07) is 0. The number of aromatic amines is 1. The Morgan fingerprint density at radius 3 is 3.08 bits per heavy atom. The van der Waals surface area contributed by atoms with Crippen molar-refractivity contribution in [2.24, 2.45) is 5.92 Å². The van der Waals surface area contributed by atoms with Crippen LogP contribution in [-0.4, -0.2) is 22.5 Å². The number of esters is 1. The predicted octanol–water partition coefficient (Wildman–Crippen LogP) is 1.02. The number of hydrogen-bond acceptors (Lipinski definition) is 3. The third kappa shape index (κ3) is 2.38. The Kier molecular flexibility index (Phi) is 2.85. The average Bonchev–Trinajstić information content (AvgIpc) is 2.51. The largest absolute Gasteiger partial charge is 0.461 e. The lowest BCUT2D eigenvalue weighted by Crippen LogP contribution is -2.10. The van der Waals surface area contributed by atoms with Crippen molar-refractivity contribution in [2.75, 3.05) is 6.61 Å². The first-order valence-corrected chi connectivity index (χ1v) is 3.78. The summed E-state index contributed by atoms with van der Waals surface area (Å²) in [5.41, 5.74) is 0.274. The van der Waals surface area contributed by atoms with Crippen LogP contribution < -0.4 is 0 Å². The first-order valence-electron chi connectivity index (χ1n) is 3.78. The summed E-state index contributed by atoms with van der Waals surface area (Å²) in [5.74, 6) is -0.0573. The lowest BCUT2D eigenvalue weighted by atomic mass is 10.2. The van der Waals surface area contributed by atoms with E-state index < -0.39 is 5.97 Å². The van der Waals surface area contributed by atoms with E-state index in [9.17, 15) is 4.79 Å². The first kappa shape index (κ1) is 8.77. The van der Waals surface area contributed by atoms with E-state index in [1.807, 2.05) is 13.8 Å². The van der Waals surface area contributed by atoms with Crippen molar-refractivity contribution in [3.05, 3.63) is 18.2 Å². The van der Waals surface area contributed by atoms with Crippen molar-refractivity contribution >= 4 is 5.97 Å². The smallest absolute Gasteiger partial charge is 0.358 e. The minimum Gasteiger partial charge on any atom is -0.461 e. The van der Waals surface area contributed by atoms with E-state index in [0.29, 0.717) is 12.5 Å². The van der Waals surface area contributed by atoms with Crippen molar-refractivity contribution in [3.63, 3.8) is 0 Å². The van der Waals surface area contributed by atoms with Crippen molar-refractivity contribution in [2.45, 2.75) is 13.8 Å². The highest BCUT2D eigenvalue weighted by molar-refractivity contribution is 5.86. The van der Waals surface area contributed by atoms with Gasteiger partial charge in [0.2, 0.25) is 0 Å². The summed E-state index contributed by atoms with van der Waals surface area (Å²) in [6.07, 6.45) is 3.88. The fourth-order valence-electron chi connectivity index (χ4n) is 0.646. The highest BCUT2D eigenvalue weighted by atomic mass is 16.5. The Balaban J connectivity index is 2.40. The van der Waals surface area contributed by atoms with Gasteiger partial charge in [0.25, 0.3) is 0 Å². The van der Waals surface area contributed by atoms with Gasteiger partial charge >= 0.3 is 5.97 Å². The van der Waals surface area contributed by atoms with Crippen molar-refractivity contribution in [1.29, 1.82) is 0 Å². The number of rotatable bonds is 3. The number of nitrogens with zero attached hydrogens (tertiary/aromatic N) is 1. The normalized spacial score (nSPS) is 10.2. The molecule has 0 saturated heterocycles. The topological polar surface area (TPSA) is 55.0 Å². The second kappa shape index (κ2) is 3.90. The van der Waals surface area contributed by atoms with Gasteiger partial charge < -0.3 is 9.72 Å². The summed E-state index contributed by atoms with van der Waals surface area (Å²) in [5, 5.41) is 0. The predicted molar refractivity (Wildman–Crippen MR) is 42.5 cm³/mol. The third-order valence-electron chi connectivity index (χ3n) is 1.21. The fourth-order valence-corrected chi connectivity index (χ4v) is 0.646. The van der Waals surface area contributed by atoms with Crippen LogP contribution in [0.3, 0.4) is 0 Å². The van der Waals surface area contributed by atoms with Crippen LogP contribution in [0.15, 0.2) is 6.20 Å². The van der Waals surface area contributed by atoms with Crippen LogP contribution in [0.4, 0.5) is 0 Å². The molecule has 0 bridgehead atoms. The Labute approximate surface area is 71.0 Å². The number of carbonyl (C=O) groups is 1. The van der Waals surface area contributed by atoms with E-state index in [2.05, 4.69) is 16.3 Å². The molecular weight excluding hydrogens is 156 g/mol. The molecule has 0 unspecified atom stereocenters. The van der Waals surface area contributed by atoms with Crippen LogP contribution in [0, 0.1) is 12.2 Å². The van der Waals surface area contributed by atoms with Crippen LogP contribution in [-0.2, 0) is 4.74 Å². The number of carbonyl (C=O) groups excluding carboxylic acids is 1. The lowest BCUT2D eigenvalue weighted by molar-refractivity contribution is 0.0452. The van der Waals surface area contributed by atoms with Crippen molar-refractivity contribution < 1.29 is 9.53 Å². The molecule has 0 saturated carbocycles. The molecule has 0 aromatic carbocycles. The molecule has 0 aliphatic carbocycles. The molecule has 65 valence electrons. The molecule has 1 radical (unpaired) electrons. The Morgan fingerprint density at radius 2 is 2.58 bits per heavy atom. The van der Waals surface area contributed by atoms with Crippen LogP contribution in [0.2, 0.25) is 0 Å². The van der Waals surface area contributed by atoms with Gasteiger partial charge in [0.15, 0.2) is 12.0 Å². The number of nitrogens with one attached hydrogen (secondary N) is 1. The maximum absolute atomic E-state index is 11.1. The second-order valence-electron chi connectivity index (χ2n) is 2.89. The molecule has 1 rings (SSSR count). The van der Waals surface area contributed by atoms with Crippen LogP contribution in [0.1, 0.15) is 24.3 Å². The summed E-state index contributed by atoms with van der Waals surface area (Å²) in [7, 11) is 0. The zero-order valence-electron chi connectivity index (χ0n) is 7.13. The molecular formula is C8H11N2O2. The molecule has 0 aliphatic heterocycles. The Morgan fingerprint density at radius 1 is 1.83 bits per heavy atom. The minimum absolute atomic E-state index is 0.274. The number of H-pyrrole nitrogens is 1. The zero-order chi connectivity index (χ0) is 8.97. The molecule has 1 heterocycles. The summed E-state index contributed by atoms with van der Waals surface area (Å²) in [6.45, 7) is 4.37. The molecule has 0 amide bonds. The van der Waals surface area contributed by atoms with Crippen LogP contribution >= 0.6 is 0 Å². The number of aromatic nitrogens is 2. The molecule has 0 fully saturated rings. The van der Waals surface area contributed by atoms with E-state index in [1.165, 1.54) is 6.20 Å². The molecule has 0 spiro atoms. The van der Waals surface area contributed by atoms with Gasteiger partial charge in [0.05, 0.1) is 6.61 Å². The highest BCUT2D eigenvalue weighted by Gasteiger charge is 2.09. The molecule has 12 heavy (non-hydrogen) atoms. The molecule has 4 heteroatoms. The van der Waals surface area contributed by atoms with Crippen molar-refractivity contribution in [1.82, 2.24) is 9.97 Å². The van der Waals surface area contributed by atoms with Crippen LogP contribution in [0.25, 0.3) is 0 Å². The maximum atomic E-state index is 11.1. The van der Waals surface area contributed by atoms with Gasteiger partial charge in [-0.05, 0) is 5.92 Å². The quantitative estimate of drug-likeness (QED) is 0.684. The van der Waals surface area contributed by atoms with E-state index in [-0.39, 0.29) is 5.69 Å². The Hall–Kier alpha value is -1.32. The van der Waals surface area contributed by atoms with Crippen molar-refractivity contribution in [3.8, 4) is 0 Å². The monoisotopic (exact) mass is 167 g/mol. The first-order chi connectivity index (χ1) is 5.70. The van der Waals surface area contributed by atoms with Crippen LogP contribution in [0.5, 0.6) is 0 Å². The summed E-state index contributed by atoms with van der Waals surface area (Å²) >= 11 is 0. The lowest BCUT2D eigenvalue weighted by Gasteiger charge is -2.04. The van der Waals surface area contributed by atoms with Gasteiger partial charge in [-0.1, -0.05) is 13.8 Å². The highest BCUT2D eigenvalue weighted by Crippen LogP contribution is 1.98. The fraction of sp³-hybridized carbons (Fsp3) is 0.500. The van der Waals surface area contributed by atoms with Gasteiger partial charge in [0, 0.05) is 6.20 Å². The summed E-state index contributed by atoms with van der Waals surface area (Å²) < 4.78 is 4.91. The van der Waals surface area contributed by atoms with E-state index in [1.54, 1.807) is 0 Å². The number of imidazole rings is 1. The maximum Gasteiger partial charge on any atom is 0.358 e. The standard InChI is InChI=1S/C8H11N2O2/c1-6(2)4-12-8(11)7-3-9-5-10-7/h3,6H,4H2,1-2H3,(H,9,10). The second-order valence-corrected chi connectivity index (χ2v) is 2.89. The molecule has 1 aromatic rings. The Bertz CT molecular complexity index is 242. The van der Waals surface area contributed by atoms with Gasteiger partial charge in [0.1, 0.15) is 0 Å². The van der Waals surface area contributed by atoms with E-state index >= 15 is 0 Å². The average molecular weight is 167 g/mol. The molecule has 0 aliphatic rings. The van der Waals surface area contributed by atoms with E-state index in [0.717, 1.165) is 0 Å². The molecule has 1 N–H and O–H groups in total. The SMILES string of the molecule is CC(C)COC(=O)c1c[nH][c]n1. The minimum atomic E-state index is -0.402. The zero-order valence-corrected chi connectivity index (χ0v) is 7.13.